The Kier molecular flexibility index (Phi) is 9.43. The Balaban J connectivity index is 0.00000117. The molecule has 0 heterocycles. The summed E-state index contributed by atoms with van der Waals surface area (Å²) in [6, 6.07) is 2.79. The van der Waals surface area contributed by atoms with Crippen LogP contribution in [0.15, 0.2) is 23.1 Å². The van der Waals surface area contributed by atoms with Gasteiger partial charge in [0.05, 0.1) is 15.4 Å². The fraction of sp³-hybridized carbons (Fsp3) is 0.357. The molecular weight excluding hydrogens is 478 g/mol. The van der Waals surface area contributed by atoms with Gasteiger partial charge >= 0.3 is 17.1 Å². The van der Waals surface area contributed by atoms with Gasteiger partial charge in [-0.05, 0) is 18.6 Å². The molecule has 1 fully saturated rings. The number of rotatable bonds is 4. The van der Waals surface area contributed by atoms with Gasteiger partial charge in [0.2, 0.25) is 0 Å². The van der Waals surface area contributed by atoms with Crippen LogP contribution in [0.25, 0.3) is 0 Å². The Labute approximate surface area is 175 Å². The van der Waals surface area contributed by atoms with Crippen molar-refractivity contribution in [1.29, 1.82) is 0 Å². The van der Waals surface area contributed by atoms with Crippen molar-refractivity contribution in [2.24, 2.45) is 5.92 Å². The van der Waals surface area contributed by atoms with E-state index in [1.165, 1.54) is 0 Å². The molecule has 1 aromatic rings. The summed E-state index contributed by atoms with van der Waals surface area (Å²) in [4.78, 5) is 46.0. The molecule has 1 aromatic carbocycles. The largest absolute Gasteiger partial charge is 2.00 e. The molecule has 12 nitrogen and oxygen atoms in total. The minimum absolute atomic E-state index is 0. The first-order chi connectivity index (χ1) is 12.6. The molecule has 0 N–H and O–H groups in total. The fourth-order valence-corrected chi connectivity index (χ4v) is 3.10. The molecular formula is C14H13FeNO11S2. The van der Waals surface area contributed by atoms with Crippen molar-refractivity contribution in [1.82, 2.24) is 0 Å². The van der Waals surface area contributed by atoms with Gasteiger partial charge in [-0.25, -0.2) is 8.42 Å². The van der Waals surface area contributed by atoms with Crippen molar-refractivity contribution in [3.8, 4) is 0 Å². The summed E-state index contributed by atoms with van der Waals surface area (Å²) in [6.45, 7) is 0. The van der Waals surface area contributed by atoms with Crippen LogP contribution in [0.3, 0.4) is 0 Å². The second kappa shape index (κ2) is 10.1. The minimum atomic E-state index is -5.17. The first-order valence-corrected chi connectivity index (χ1v) is 10.6. The first kappa shape index (κ1) is 27.0. The Hall–Kier alpha value is -2.03. The van der Waals surface area contributed by atoms with E-state index in [0.717, 1.165) is 24.5 Å². The minimum Gasteiger partial charge on any atom is -0.759 e. The molecule has 0 saturated heterocycles. The van der Waals surface area contributed by atoms with Crippen molar-refractivity contribution < 1.29 is 62.3 Å². The van der Waals surface area contributed by atoms with Crippen molar-refractivity contribution in [3.63, 3.8) is 0 Å². The van der Waals surface area contributed by atoms with E-state index in [1.807, 2.05) is 0 Å². The van der Waals surface area contributed by atoms with Crippen molar-refractivity contribution in [2.45, 2.75) is 24.2 Å². The van der Waals surface area contributed by atoms with E-state index >= 15 is 0 Å². The van der Waals surface area contributed by atoms with Gasteiger partial charge in [0.25, 0.3) is 5.69 Å². The number of nitrogens with zero attached hydrogens (tertiary/aromatic N) is 1. The van der Waals surface area contributed by atoms with Gasteiger partial charge in [-0.2, -0.15) is 0 Å². The van der Waals surface area contributed by atoms with Crippen molar-refractivity contribution in [3.05, 3.63) is 33.9 Å². The van der Waals surface area contributed by atoms with Gasteiger partial charge in [-0.15, -0.1) is 0 Å². The maximum absolute atomic E-state index is 12.4. The topological polar surface area (TPSA) is 209 Å². The predicted molar refractivity (Wildman–Crippen MR) is 88.4 cm³/mol. The summed E-state index contributed by atoms with van der Waals surface area (Å²) >= 11 is 0. The Morgan fingerprint density at radius 3 is 1.90 bits per heavy atom. The van der Waals surface area contributed by atoms with E-state index in [0.29, 0.717) is 6.42 Å². The number of Topliss-reactive ketones (excluding diaryl/α,β-unsaturated/α-hetero) is 3. The zero-order valence-electron chi connectivity index (χ0n) is 14.5. The van der Waals surface area contributed by atoms with Crippen LogP contribution in [0, 0.1) is 16.0 Å². The molecule has 0 radical (unpaired) electrons. The molecule has 1 aliphatic rings. The monoisotopic (exact) mass is 491 g/mol. The molecule has 0 amide bonds. The quantitative estimate of drug-likeness (QED) is 0.102. The van der Waals surface area contributed by atoms with Gasteiger partial charge in [0.15, 0.2) is 27.2 Å². The summed E-state index contributed by atoms with van der Waals surface area (Å²) < 4.78 is 57.0. The summed E-state index contributed by atoms with van der Waals surface area (Å²) in [5.74, 6) is -3.61. The van der Waals surface area contributed by atoms with Gasteiger partial charge in [-0.1, -0.05) is 0 Å². The number of hydrogen-bond acceptors (Lipinski definition) is 11. The molecule has 0 bridgehead atoms. The molecule has 1 aliphatic carbocycles. The normalized spacial score (nSPS) is 15.0. The smallest absolute Gasteiger partial charge is 0.759 e. The number of carbonyl (C=O) groups excluding carboxylic acids is 3. The maximum atomic E-state index is 12.4. The van der Waals surface area contributed by atoms with Crippen molar-refractivity contribution >= 4 is 43.3 Å². The molecule has 0 aliphatic heterocycles. The summed E-state index contributed by atoms with van der Waals surface area (Å²) in [5.41, 5.74) is -1.17. The van der Waals surface area contributed by atoms with E-state index in [1.54, 1.807) is 0 Å². The molecule has 0 aromatic heterocycles. The molecule has 0 unspecified atom stereocenters. The second-order valence-electron chi connectivity index (χ2n) is 5.70. The number of ketones is 3. The van der Waals surface area contributed by atoms with Gasteiger partial charge in [0, 0.05) is 35.6 Å². The van der Waals surface area contributed by atoms with E-state index in [2.05, 4.69) is 0 Å². The summed E-state index contributed by atoms with van der Waals surface area (Å²) in [7, 11) is -8.86. The molecule has 0 spiro atoms. The van der Waals surface area contributed by atoms with Crippen molar-refractivity contribution in [2.75, 3.05) is 6.26 Å². The van der Waals surface area contributed by atoms with Crippen LogP contribution in [0.5, 0.6) is 0 Å². The fourth-order valence-electron chi connectivity index (χ4n) is 2.45. The number of nitro groups is 1. The Morgan fingerprint density at radius 2 is 1.52 bits per heavy atom. The van der Waals surface area contributed by atoms with E-state index < -0.39 is 59.7 Å². The number of nitro benzene ring substituents is 1. The maximum Gasteiger partial charge on any atom is 2.00 e. The third-order valence-corrected chi connectivity index (χ3v) is 4.72. The average Bonchev–Trinajstić information content (AvgIpc) is 2.51. The predicted octanol–water partition coefficient (Wildman–Crippen LogP) is -0.221. The number of benzene rings is 1. The van der Waals surface area contributed by atoms with Crippen LogP contribution >= 0.6 is 0 Å². The molecule has 1 saturated carbocycles. The van der Waals surface area contributed by atoms with Crippen LogP contribution in [-0.2, 0) is 46.9 Å². The zero-order chi connectivity index (χ0) is 21.9. The molecule has 2 rings (SSSR count). The van der Waals surface area contributed by atoms with E-state index in [4.69, 9.17) is 17.5 Å². The summed E-state index contributed by atoms with van der Waals surface area (Å²) in [6.07, 6.45) is 1.37. The average molecular weight is 491 g/mol. The summed E-state index contributed by atoms with van der Waals surface area (Å²) in [5, 5.41) is 11.1. The molecule has 160 valence electrons. The SMILES string of the molecule is CS(=O)(=O)c1ccc(C(=O)C2C(=O)CCCC2=O)c([N+](=O)[O-])c1.O=S(=O)([O-])[O-].[Fe+2]. The van der Waals surface area contributed by atoms with Crippen LogP contribution < -0.4 is 0 Å². The molecule has 29 heavy (non-hydrogen) atoms. The zero-order valence-corrected chi connectivity index (χ0v) is 17.3. The van der Waals surface area contributed by atoms with E-state index in [-0.39, 0.29) is 34.8 Å². The molecule has 0 atom stereocenters. The van der Waals surface area contributed by atoms with Crippen LogP contribution in [0.2, 0.25) is 0 Å². The van der Waals surface area contributed by atoms with Crippen LogP contribution in [0.1, 0.15) is 29.6 Å². The number of sulfone groups is 1. The Morgan fingerprint density at radius 1 is 1.07 bits per heavy atom. The second-order valence-corrected chi connectivity index (χ2v) is 8.53. The number of carbonyl (C=O) groups is 3. The third-order valence-electron chi connectivity index (χ3n) is 3.61. The Bertz CT molecular complexity index is 1020. The van der Waals surface area contributed by atoms with Gasteiger partial charge in [0.1, 0.15) is 5.92 Å². The van der Waals surface area contributed by atoms with Crippen LogP contribution in [-0.4, -0.2) is 54.5 Å². The first-order valence-electron chi connectivity index (χ1n) is 7.37. The van der Waals surface area contributed by atoms with Gasteiger partial charge in [-0.3, -0.25) is 32.9 Å². The standard InChI is InChI=1S/C14H13NO7S.Fe.H2O4S/c1-23(21,22)8-5-6-9(10(7-8)15(19)20)14(18)13-11(16)3-2-4-12(13)17;;1-5(2,3)4/h5-7,13H,2-4H2,1H3;;(H2,1,2,3,4)/q;+2;/p-2. The number of hydrogen-bond donors (Lipinski definition) is 0. The third kappa shape index (κ3) is 8.08. The van der Waals surface area contributed by atoms with Gasteiger partial charge < -0.3 is 9.11 Å². The van der Waals surface area contributed by atoms with Crippen LogP contribution in [0.4, 0.5) is 5.69 Å². The molecule has 15 heteroatoms. The van der Waals surface area contributed by atoms with E-state index in [9.17, 15) is 32.9 Å².